The minimum Gasteiger partial charge on any atom is -0.496 e. The first kappa shape index (κ1) is 16.5. The van der Waals surface area contributed by atoms with E-state index in [0.717, 1.165) is 16.9 Å². The Balaban J connectivity index is 2.59. The highest BCUT2D eigenvalue weighted by molar-refractivity contribution is 5.78. The number of hydrogen-bond acceptors (Lipinski definition) is 3. The predicted octanol–water partition coefficient (Wildman–Crippen LogP) is 2.21. The third-order valence-electron chi connectivity index (χ3n) is 3.77. The van der Waals surface area contributed by atoms with Crippen LogP contribution < -0.4 is 10.1 Å². The van der Waals surface area contributed by atoms with Crippen molar-refractivity contribution in [2.24, 2.45) is 0 Å². The zero-order chi connectivity index (χ0) is 15.2. The van der Waals surface area contributed by atoms with Crippen LogP contribution in [0.4, 0.5) is 0 Å². The third-order valence-corrected chi connectivity index (χ3v) is 3.77. The van der Waals surface area contributed by atoms with Crippen molar-refractivity contribution in [3.63, 3.8) is 0 Å². The SMILES string of the molecule is CCC(O)(CC)CNC(=O)Cc1ccc(C)c(OC)c1. The van der Waals surface area contributed by atoms with Crippen LogP contribution >= 0.6 is 0 Å². The Morgan fingerprint density at radius 1 is 1.35 bits per heavy atom. The molecule has 1 aromatic rings. The first-order chi connectivity index (χ1) is 9.44. The Hall–Kier alpha value is -1.55. The van der Waals surface area contributed by atoms with Gasteiger partial charge in [-0.15, -0.1) is 0 Å². The van der Waals surface area contributed by atoms with Gasteiger partial charge in [0.25, 0.3) is 0 Å². The van der Waals surface area contributed by atoms with Crippen LogP contribution in [0.15, 0.2) is 18.2 Å². The zero-order valence-electron chi connectivity index (χ0n) is 12.8. The predicted molar refractivity (Wildman–Crippen MR) is 80.0 cm³/mol. The molecule has 0 aliphatic rings. The average Bonchev–Trinajstić information content (AvgIpc) is 2.46. The monoisotopic (exact) mass is 279 g/mol. The van der Waals surface area contributed by atoms with Gasteiger partial charge in [-0.05, 0) is 37.0 Å². The van der Waals surface area contributed by atoms with Crippen molar-refractivity contribution in [1.29, 1.82) is 0 Å². The summed E-state index contributed by atoms with van der Waals surface area (Å²) in [5.41, 5.74) is 1.14. The number of rotatable bonds is 7. The van der Waals surface area contributed by atoms with E-state index in [0.29, 0.717) is 25.8 Å². The number of carbonyl (C=O) groups is 1. The largest absolute Gasteiger partial charge is 0.496 e. The third kappa shape index (κ3) is 4.53. The summed E-state index contributed by atoms with van der Waals surface area (Å²) < 4.78 is 5.24. The maximum absolute atomic E-state index is 11.9. The summed E-state index contributed by atoms with van der Waals surface area (Å²) in [4.78, 5) is 11.9. The summed E-state index contributed by atoms with van der Waals surface area (Å²) in [6.07, 6.45) is 1.55. The molecule has 0 spiro atoms. The van der Waals surface area contributed by atoms with Gasteiger partial charge in [0, 0.05) is 6.54 Å². The molecule has 0 aliphatic carbocycles. The Bertz CT molecular complexity index is 453. The molecule has 1 amide bonds. The minimum atomic E-state index is -0.805. The molecule has 4 nitrogen and oxygen atoms in total. The van der Waals surface area contributed by atoms with Crippen LogP contribution in [-0.2, 0) is 11.2 Å². The summed E-state index contributed by atoms with van der Waals surface area (Å²) >= 11 is 0. The highest BCUT2D eigenvalue weighted by Crippen LogP contribution is 2.19. The lowest BCUT2D eigenvalue weighted by molar-refractivity contribution is -0.121. The van der Waals surface area contributed by atoms with E-state index in [-0.39, 0.29) is 5.91 Å². The van der Waals surface area contributed by atoms with E-state index in [9.17, 15) is 9.90 Å². The molecule has 4 heteroatoms. The summed E-state index contributed by atoms with van der Waals surface area (Å²) in [5, 5.41) is 12.9. The number of amides is 1. The molecule has 0 radical (unpaired) electrons. The van der Waals surface area contributed by atoms with Crippen molar-refractivity contribution in [1.82, 2.24) is 5.32 Å². The Kier molecular flexibility index (Phi) is 6.02. The van der Waals surface area contributed by atoms with Crippen LogP contribution in [0.1, 0.15) is 37.8 Å². The normalized spacial score (nSPS) is 11.2. The lowest BCUT2D eigenvalue weighted by Crippen LogP contribution is -2.42. The van der Waals surface area contributed by atoms with Gasteiger partial charge in [-0.3, -0.25) is 4.79 Å². The summed E-state index contributed by atoms with van der Waals surface area (Å²) in [6.45, 7) is 6.09. The molecule has 1 rings (SSSR count). The second-order valence-corrected chi connectivity index (χ2v) is 5.19. The van der Waals surface area contributed by atoms with Crippen molar-refractivity contribution in [3.05, 3.63) is 29.3 Å². The molecule has 2 N–H and O–H groups in total. The van der Waals surface area contributed by atoms with Crippen LogP contribution in [-0.4, -0.2) is 30.3 Å². The van der Waals surface area contributed by atoms with Gasteiger partial charge in [-0.25, -0.2) is 0 Å². The molecule has 0 aliphatic heterocycles. The average molecular weight is 279 g/mol. The summed E-state index contributed by atoms with van der Waals surface area (Å²) in [6, 6.07) is 5.74. The smallest absolute Gasteiger partial charge is 0.224 e. The van der Waals surface area contributed by atoms with Gasteiger partial charge in [-0.1, -0.05) is 26.0 Å². The molecule has 20 heavy (non-hydrogen) atoms. The maximum atomic E-state index is 11.9. The summed E-state index contributed by atoms with van der Waals surface area (Å²) in [5.74, 6) is 0.699. The first-order valence-corrected chi connectivity index (χ1v) is 7.06. The van der Waals surface area contributed by atoms with Gasteiger partial charge in [0.15, 0.2) is 0 Å². The number of aryl methyl sites for hydroxylation is 1. The number of carbonyl (C=O) groups excluding carboxylic acids is 1. The van der Waals surface area contributed by atoms with E-state index in [4.69, 9.17) is 4.74 Å². The molecule has 0 fully saturated rings. The van der Waals surface area contributed by atoms with E-state index in [1.165, 1.54) is 0 Å². The highest BCUT2D eigenvalue weighted by atomic mass is 16.5. The fourth-order valence-corrected chi connectivity index (χ4v) is 1.99. The zero-order valence-corrected chi connectivity index (χ0v) is 12.8. The van der Waals surface area contributed by atoms with Crippen LogP contribution in [0.2, 0.25) is 0 Å². The van der Waals surface area contributed by atoms with Gasteiger partial charge in [0.2, 0.25) is 5.91 Å². The molecule has 0 saturated heterocycles. The number of hydrogen-bond donors (Lipinski definition) is 2. The lowest BCUT2D eigenvalue weighted by Gasteiger charge is -2.25. The lowest BCUT2D eigenvalue weighted by atomic mass is 9.97. The fourth-order valence-electron chi connectivity index (χ4n) is 1.99. The maximum Gasteiger partial charge on any atom is 0.224 e. The topological polar surface area (TPSA) is 58.6 Å². The molecular formula is C16H25NO3. The molecule has 0 heterocycles. The van der Waals surface area contributed by atoms with Gasteiger partial charge < -0.3 is 15.2 Å². The van der Waals surface area contributed by atoms with E-state index < -0.39 is 5.60 Å². The van der Waals surface area contributed by atoms with Crippen LogP contribution in [0.5, 0.6) is 5.75 Å². The van der Waals surface area contributed by atoms with Crippen molar-refractivity contribution in [2.45, 2.75) is 45.6 Å². The second kappa shape index (κ2) is 7.29. The van der Waals surface area contributed by atoms with E-state index in [1.54, 1.807) is 7.11 Å². The number of methoxy groups -OCH3 is 1. The molecule has 112 valence electrons. The molecule has 1 aromatic carbocycles. The fraction of sp³-hybridized carbons (Fsp3) is 0.562. The van der Waals surface area contributed by atoms with Crippen molar-refractivity contribution in [2.75, 3.05) is 13.7 Å². The van der Waals surface area contributed by atoms with E-state index >= 15 is 0 Å². The van der Waals surface area contributed by atoms with Crippen molar-refractivity contribution >= 4 is 5.91 Å². The van der Waals surface area contributed by atoms with Crippen molar-refractivity contribution in [3.8, 4) is 5.75 Å². The number of benzene rings is 1. The van der Waals surface area contributed by atoms with Gasteiger partial charge in [-0.2, -0.15) is 0 Å². The highest BCUT2D eigenvalue weighted by Gasteiger charge is 2.22. The Morgan fingerprint density at radius 2 is 2.00 bits per heavy atom. The standard InChI is InChI=1S/C16H25NO3/c1-5-16(19,6-2)11-17-15(18)10-13-8-7-12(3)14(9-13)20-4/h7-9,19H,5-6,10-11H2,1-4H3,(H,17,18). The molecule has 0 bridgehead atoms. The number of aliphatic hydroxyl groups is 1. The van der Waals surface area contributed by atoms with E-state index in [2.05, 4.69) is 5.32 Å². The number of nitrogens with one attached hydrogen (secondary N) is 1. The van der Waals surface area contributed by atoms with Crippen LogP contribution in [0, 0.1) is 6.92 Å². The van der Waals surface area contributed by atoms with Crippen LogP contribution in [0.3, 0.4) is 0 Å². The molecule has 0 saturated carbocycles. The molecular weight excluding hydrogens is 254 g/mol. The minimum absolute atomic E-state index is 0.0868. The van der Waals surface area contributed by atoms with Crippen LogP contribution in [0.25, 0.3) is 0 Å². The Morgan fingerprint density at radius 3 is 2.55 bits per heavy atom. The number of ether oxygens (including phenoxy) is 1. The Labute approximate surface area is 121 Å². The molecule has 0 unspecified atom stereocenters. The van der Waals surface area contributed by atoms with Gasteiger partial charge in [0.1, 0.15) is 5.75 Å². The molecule has 0 aromatic heterocycles. The van der Waals surface area contributed by atoms with Gasteiger partial charge >= 0.3 is 0 Å². The molecule has 0 atom stereocenters. The van der Waals surface area contributed by atoms with Crippen molar-refractivity contribution < 1.29 is 14.6 Å². The summed E-state index contributed by atoms with van der Waals surface area (Å²) in [7, 11) is 1.62. The quantitative estimate of drug-likeness (QED) is 0.804. The van der Waals surface area contributed by atoms with Gasteiger partial charge in [0.05, 0.1) is 19.1 Å². The first-order valence-electron chi connectivity index (χ1n) is 7.06. The second-order valence-electron chi connectivity index (χ2n) is 5.19. The van der Waals surface area contributed by atoms with E-state index in [1.807, 2.05) is 39.0 Å².